The number of hydrogen-bond donors (Lipinski definition) is 0. The molecule has 0 bridgehead atoms. The van der Waals surface area contributed by atoms with Gasteiger partial charge in [-0.3, -0.25) is 9.10 Å². The lowest BCUT2D eigenvalue weighted by atomic mass is 10.2. The highest BCUT2D eigenvalue weighted by molar-refractivity contribution is 7.92. The summed E-state index contributed by atoms with van der Waals surface area (Å²) in [4.78, 5) is 16.3. The summed E-state index contributed by atoms with van der Waals surface area (Å²) < 4.78 is 39.9. The summed E-state index contributed by atoms with van der Waals surface area (Å²) in [5.41, 5.74) is 1.77. The average Bonchev–Trinajstić information content (AvgIpc) is 2.73. The van der Waals surface area contributed by atoms with Crippen LogP contribution < -0.4 is 9.21 Å². The number of hydrogen-bond acceptors (Lipinski definition) is 4. The van der Waals surface area contributed by atoms with Gasteiger partial charge in [-0.05, 0) is 43.2 Å². The molecule has 3 rings (SSSR count). The maximum Gasteiger partial charge on any atom is 0.232 e. The molecule has 0 radical (unpaired) electrons. The molecule has 1 fully saturated rings. The van der Waals surface area contributed by atoms with Gasteiger partial charge in [0.05, 0.1) is 17.6 Å². The smallest absolute Gasteiger partial charge is 0.232 e. The summed E-state index contributed by atoms with van der Waals surface area (Å²) in [5, 5.41) is 0.495. The van der Waals surface area contributed by atoms with Crippen LogP contribution in [0.3, 0.4) is 0 Å². The average molecular weight is 468 g/mol. The van der Waals surface area contributed by atoms with E-state index in [0.29, 0.717) is 54.6 Å². The molecular weight excluding hydrogens is 441 g/mol. The number of rotatable bonds is 7. The molecule has 0 atom stereocenters. The maximum atomic E-state index is 14.0. The van der Waals surface area contributed by atoms with Crippen LogP contribution in [-0.2, 0) is 14.8 Å². The van der Waals surface area contributed by atoms with Crippen molar-refractivity contribution in [2.24, 2.45) is 0 Å². The van der Waals surface area contributed by atoms with Crippen LogP contribution in [0.5, 0.6) is 0 Å². The van der Waals surface area contributed by atoms with Crippen molar-refractivity contribution in [3.63, 3.8) is 0 Å². The normalized spacial score (nSPS) is 14.6. The minimum atomic E-state index is -3.51. The molecule has 1 aliphatic heterocycles. The molecular formula is C22H27ClFN3O3S. The Bertz CT molecular complexity index is 1040. The second-order valence-corrected chi connectivity index (χ2v) is 9.96. The molecule has 168 valence electrons. The van der Waals surface area contributed by atoms with E-state index in [9.17, 15) is 17.6 Å². The molecule has 0 aliphatic carbocycles. The Morgan fingerprint density at radius 3 is 2.42 bits per heavy atom. The van der Waals surface area contributed by atoms with Gasteiger partial charge in [-0.1, -0.05) is 29.8 Å². The zero-order chi connectivity index (χ0) is 22.6. The third kappa shape index (κ3) is 5.68. The Hall–Kier alpha value is -2.32. The monoisotopic (exact) mass is 467 g/mol. The number of para-hydroxylation sites is 1. The fourth-order valence-electron chi connectivity index (χ4n) is 3.77. The third-order valence-corrected chi connectivity index (χ3v) is 7.07. The topological polar surface area (TPSA) is 60.9 Å². The first-order valence-electron chi connectivity index (χ1n) is 10.2. The predicted molar refractivity (Wildman–Crippen MR) is 123 cm³/mol. The molecule has 6 nitrogen and oxygen atoms in total. The summed E-state index contributed by atoms with van der Waals surface area (Å²) in [7, 11) is -3.51. The van der Waals surface area contributed by atoms with E-state index in [0.717, 1.165) is 6.26 Å². The van der Waals surface area contributed by atoms with Crippen molar-refractivity contribution in [2.45, 2.75) is 19.8 Å². The fraction of sp³-hybridized carbons (Fsp3) is 0.409. The van der Waals surface area contributed by atoms with E-state index >= 15 is 0 Å². The van der Waals surface area contributed by atoms with E-state index < -0.39 is 10.0 Å². The molecule has 1 saturated heterocycles. The van der Waals surface area contributed by atoms with Crippen LogP contribution in [0.2, 0.25) is 5.02 Å². The molecule has 0 N–H and O–H groups in total. The first-order chi connectivity index (χ1) is 14.7. The van der Waals surface area contributed by atoms with Crippen molar-refractivity contribution in [1.82, 2.24) is 4.90 Å². The molecule has 9 heteroatoms. The third-order valence-electron chi connectivity index (χ3n) is 5.49. The second kappa shape index (κ2) is 9.87. The summed E-state index contributed by atoms with van der Waals surface area (Å²) in [6, 6.07) is 11.8. The number of carbonyl (C=O) groups is 1. The molecule has 1 heterocycles. The van der Waals surface area contributed by atoms with Crippen LogP contribution in [0.1, 0.15) is 18.4 Å². The quantitative estimate of drug-likeness (QED) is 0.623. The minimum Gasteiger partial charge on any atom is -0.366 e. The lowest BCUT2D eigenvalue weighted by Crippen LogP contribution is -2.49. The van der Waals surface area contributed by atoms with Crippen LogP contribution >= 0.6 is 11.6 Å². The molecule has 0 spiro atoms. The van der Waals surface area contributed by atoms with Crippen LogP contribution in [-0.4, -0.2) is 58.2 Å². The summed E-state index contributed by atoms with van der Waals surface area (Å²) in [6.07, 6.45) is 1.79. The fourth-order valence-corrected chi connectivity index (χ4v) is 4.95. The van der Waals surface area contributed by atoms with Crippen molar-refractivity contribution in [3.05, 3.63) is 58.9 Å². The Labute approximate surface area is 188 Å². The van der Waals surface area contributed by atoms with Gasteiger partial charge in [0.15, 0.2) is 0 Å². The number of carbonyl (C=O) groups excluding carboxylic acids is 1. The highest BCUT2D eigenvalue weighted by Crippen LogP contribution is 2.28. The standard InChI is InChI=1S/C22H27ClFN3O3S/c1-17-18(23)7-5-10-20(17)27(31(2,29)30)12-6-11-22(28)26-15-13-25(14-16-26)21-9-4-3-8-19(21)24/h3-5,7-10H,6,11-16H2,1-2H3. The van der Waals surface area contributed by atoms with Gasteiger partial charge in [0.1, 0.15) is 5.82 Å². The van der Waals surface area contributed by atoms with E-state index in [2.05, 4.69) is 0 Å². The number of halogens is 2. The van der Waals surface area contributed by atoms with E-state index in [1.54, 1.807) is 48.2 Å². The first kappa shape index (κ1) is 23.3. The highest BCUT2D eigenvalue weighted by Gasteiger charge is 2.24. The van der Waals surface area contributed by atoms with Gasteiger partial charge in [0, 0.05) is 44.2 Å². The van der Waals surface area contributed by atoms with Crippen molar-refractivity contribution < 1.29 is 17.6 Å². The summed E-state index contributed by atoms with van der Waals surface area (Å²) in [6.45, 7) is 4.11. The zero-order valence-electron chi connectivity index (χ0n) is 17.7. The molecule has 2 aromatic rings. The van der Waals surface area contributed by atoms with Crippen molar-refractivity contribution in [2.75, 3.05) is 48.2 Å². The van der Waals surface area contributed by atoms with E-state index in [1.165, 1.54) is 10.4 Å². The molecule has 1 amide bonds. The lowest BCUT2D eigenvalue weighted by molar-refractivity contribution is -0.131. The SMILES string of the molecule is Cc1c(Cl)cccc1N(CCCC(=O)N1CCN(c2ccccc2F)CC1)S(C)(=O)=O. The molecule has 31 heavy (non-hydrogen) atoms. The Morgan fingerprint density at radius 2 is 1.77 bits per heavy atom. The van der Waals surface area contributed by atoms with Gasteiger partial charge in [-0.2, -0.15) is 0 Å². The van der Waals surface area contributed by atoms with Crippen molar-refractivity contribution in [1.29, 1.82) is 0 Å². The van der Waals surface area contributed by atoms with E-state index in [4.69, 9.17) is 11.6 Å². The molecule has 2 aromatic carbocycles. The van der Waals surface area contributed by atoms with Crippen LogP contribution in [0.4, 0.5) is 15.8 Å². The molecule has 0 aromatic heterocycles. The van der Waals surface area contributed by atoms with Crippen LogP contribution in [0, 0.1) is 12.7 Å². The van der Waals surface area contributed by atoms with Crippen molar-refractivity contribution >= 4 is 38.9 Å². The zero-order valence-corrected chi connectivity index (χ0v) is 19.3. The van der Waals surface area contributed by atoms with Crippen LogP contribution in [0.25, 0.3) is 0 Å². The minimum absolute atomic E-state index is 0.0237. The van der Waals surface area contributed by atoms with Gasteiger partial charge in [-0.25, -0.2) is 12.8 Å². The number of amides is 1. The summed E-state index contributed by atoms with van der Waals surface area (Å²) in [5.74, 6) is -0.288. The highest BCUT2D eigenvalue weighted by atomic mass is 35.5. The summed E-state index contributed by atoms with van der Waals surface area (Å²) >= 11 is 6.15. The van der Waals surface area contributed by atoms with Gasteiger partial charge in [-0.15, -0.1) is 0 Å². The number of sulfonamides is 1. The number of benzene rings is 2. The van der Waals surface area contributed by atoms with Crippen molar-refractivity contribution in [3.8, 4) is 0 Å². The number of anilines is 2. The predicted octanol–water partition coefficient (Wildman–Crippen LogP) is 3.68. The van der Waals surface area contributed by atoms with E-state index in [1.807, 2.05) is 4.90 Å². The second-order valence-electron chi connectivity index (χ2n) is 7.64. The lowest BCUT2D eigenvalue weighted by Gasteiger charge is -2.36. The number of piperazine rings is 1. The van der Waals surface area contributed by atoms with Gasteiger partial charge in [0.25, 0.3) is 0 Å². The first-order valence-corrected chi connectivity index (χ1v) is 12.4. The Kier molecular flexibility index (Phi) is 7.43. The Morgan fingerprint density at radius 1 is 1.10 bits per heavy atom. The van der Waals surface area contributed by atoms with Gasteiger partial charge >= 0.3 is 0 Å². The van der Waals surface area contributed by atoms with E-state index in [-0.39, 0.29) is 24.7 Å². The number of nitrogens with zero attached hydrogens (tertiary/aromatic N) is 3. The largest absolute Gasteiger partial charge is 0.366 e. The molecule has 0 unspecified atom stereocenters. The Balaban J connectivity index is 1.55. The maximum absolute atomic E-state index is 14.0. The van der Waals surface area contributed by atoms with Crippen LogP contribution in [0.15, 0.2) is 42.5 Å². The van der Waals surface area contributed by atoms with Gasteiger partial charge < -0.3 is 9.80 Å². The molecule has 0 saturated carbocycles. The molecule has 1 aliphatic rings. The van der Waals surface area contributed by atoms with Gasteiger partial charge in [0.2, 0.25) is 15.9 Å².